The molecule has 0 saturated carbocycles. The Bertz CT molecular complexity index is 1170. The van der Waals surface area contributed by atoms with Crippen molar-refractivity contribution in [2.75, 3.05) is 30.3 Å². The number of benzene rings is 2. The van der Waals surface area contributed by atoms with Crippen LogP contribution in [0.3, 0.4) is 0 Å². The summed E-state index contributed by atoms with van der Waals surface area (Å²) in [7, 11) is 0. The van der Waals surface area contributed by atoms with Crippen LogP contribution in [-0.4, -0.2) is 37.2 Å². The van der Waals surface area contributed by atoms with E-state index in [1.807, 2.05) is 19.1 Å². The first-order chi connectivity index (χ1) is 19.4. The molecule has 0 bridgehead atoms. The Hall–Kier alpha value is -3.15. The van der Waals surface area contributed by atoms with Gasteiger partial charge in [-0.15, -0.1) is 0 Å². The molecule has 2 atom stereocenters. The van der Waals surface area contributed by atoms with E-state index >= 15 is 0 Å². The van der Waals surface area contributed by atoms with E-state index in [-0.39, 0.29) is 22.7 Å². The van der Waals surface area contributed by atoms with E-state index in [2.05, 4.69) is 38.3 Å². The van der Waals surface area contributed by atoms with Crippen molar-refractivity contribution in [3.8, 4) is 0 Å². The summed E-state index contributed by atoms with van der Waals surface area (Å²) < 4.78 is 5.29. The van der Waals surface area contributed by atoms with Crippen molar-refractivity contribution < 1.29 is 19.1 Å². The van der Waals surface area contributed by atoms with Gasteiger partial charge in [-0.3, -0.25) is 9.59 Å². The molecule has 0 aliphatic heterocycles. The molecule has 6 heteroatoms. The maximum Gasteiger partial charge on any atom is 0.338 e. The molecule has 1 aliphatic carbocycles. The van der Waals surface area contributed by atoms with E-state index in [1.165, 1.54) is 18.9 Å². The number of carbonyl (C=O) groups is 3. The number of rotatable bonds is 17. The predicted molar refractivity (Wildman–Crippen MR) is 164 cm³/mol. The zero-order valence-corrected chi connectivity index (χ0v) is 25.2. The Morgan fingerprint density at radius 2 is 1.25 bits per heavy atom. The van der Waals surface area contributed by atoms with Crippen LogP contribution in [0.1, 0.15) is 135 Å². The summed E-state index contributed by atoms with van der Waals surface area (Å²) >= 11 is 0. The van der Waals surface area contributed by atoms with Crippen LogP contribution in [0.15, 0.2) is 30.3 Å². The molecule has 1 aliphatic rings. The van der Waals surface area contributed by atoms with E-state index in [1.54, 1.807) is 12.1 Å². The van der Waals surface area contributed by atoms with Crippen LogP contribution in [0.5, 0.6) is 0 Å². The highest BCUT2D eigenvalue weighted by Gasteiger charge is 2.35. The van der Waals surface area contributed by atoms with Gasteiger partial charge in [-0.1, -0.05) is 73.1 Å². The smallest absolute Gasteiger partial charge is 0.338 e. The minimum absolute atomic E-state index is 0.191. The standard InChI is InChI=1S/C34H48N2O4/c1-6-11-13-23(9-4)21-35-28-17-18-29(36-22-24(10-5)14-12-7-2)31-30(28)32(37)26-16-15-25(20-27(26)33(31)38)34(39)40-19-8-3/h15-18,20,23-24,35-36H,6-14,19,21-22H2,1-5H3. The first-order valence-electron chi connectivity index (χ1n) is 15.4. The van der Waals surface area contributed by atoms with Crippen molar-refractivity contribution >= 4 is 28.9 Å². The van der Waals surface area contributed by atoms with Gasteiger partial charge >= 0.3 is 5.97 Å². The van der Waals surface area contributed by atoms with E-state index < -0.39 is 5.97 Å². The Balaban J connectivity index is 2.01. The number of esters is 1. The van der Waals surface area contributed by atoms with E-state index in [0.717, 1.165) is 51.6 Å². The third-order valence-corrected chi connectivity index (χ3v) is 8.09. The van der Waals surface area contributed by atoms with Crippen LogP contribution in [0.4, 0.5) is 11.4 Å². The molecule has 0 aromatic heterocycles. The SMILES string of the molecule is CCCCC(CC)CNc1ccc(NCC(CC)CCCC)c2c1C(=O)c1ccc(C(=O)OCCC)cc1C2=O. The van der Waals surface area contributed by atoms with Crippen LogP contribution in [0, 0.1) is 11.8 Å². The third-order valence-electron chi connectivity index (χ3n) is 8.09. The molecule has 2 N–H and O–H groups in total. The number of hydrogen-bond acceptors (Lipinski definition) is 6. The molecule has 2 unspecified atom stereocenters. The first kappa shape index (κ1) is 31.4. The highest BCUT2D eigenvalue weighted by Crippen LogP contribution is 2.37. The summed E-state index contributed by atoms with van der Waals surface area (Å²) in [5, 5.41) is 7.04. The van der Waals surface area contributed by atoms with Crippen molar-refractivity contribution in [3.63, 3.8) is 0 Å². The number of fused-ring (bicyclic) bond motifs is 2. The van der Waals surface area contributed by atoms with Gasteiger partial charge in [-0.25, -0.2) is 4.79 Å². The van der Waals surface area contributed by atoms with E-state index in [4.69, 9.17) is 4.74 Å². The third kappa shape index (κ3) is 7.52. The number of ether oxygens (including phenoxy) is 1. The molecule has 0 spiro atoms. The molecule has 0 saturated heterocycles. The second-order valence-electron chi connectivity index (χ2n) is 11.1. The van der Waals surface area contributed by atoms with Crippen molar-refractivity contribution in [1.82, 2.24) is 0 Å². The van der Waals surface area contributed by atoms with E-state index in [0.29, 0.717) is 52.9 Å². The molecule has 2 aromatic rings. The molecule has 0 heterocycles. The molecule has 3 rings (SSSR count). The van der Waals surface area contributed by atoms with E-state index in [9.17, 15) is 14.4 Å². The lowest BCUT2D eigenvalue weighted by atomic mass is 9.81. The van der Waals surface area contributed by atoms with Crippen LogP contribution in [-0.2, 0) is 4.74 Å². The van der Waals surface area contributed by atoms with Gasteiger partial charge in [0.1, 0.15) is 0 Å². The fraction of sp³-hybridized carbons (Fsp3) is 0.559. The summed E-state index contributed by atoms with van der Waals surface area (Å²) in [5.41, 5.74) is 3.07. The quantitative estimate of drug-likeness (QED) is 0.165. The molecular formula is C34H48N2O4. The average Bonchev–Trinajstić information content (AvgIpc) is 2.98. The molecule has 40 heavy (non-hydrogen) atoms. The maximum atomic E-state index is 14.1. The highest BCUT2D eigenvalue weighted by molar-refractivity contribution is 6.32. The normalized spacial score (nSPS) is 13.8. The van der Waals surface area contributed by atoms with Crippen molar-refractivity contribution in [2.24, 2.45) is 11.8 Å². The minimum atomic E-state index is -0.483. The summed E-state index contributed by atoms with van der Waals surface area (Å²) in [6.07, 6.45) is 9.70. The first-order valence-corrected chi connectivity index (χ1v) is 15.4. The Kier molecular flexibility index (Phi) is 12.2. The lowest BCUT2D eigenvalue weighted by Crippen LogP contribution is -2.26. The molecule has 6 nitrogen and oxygen atoms in total. The Morgan fingerprint density at radius 1 is 0.725 bits per heavy atom. The van der Waals surface area contributed by atoms with Crippen LogP contribution >= 0.6 is 0 Å². The molecule has 218 valence electrons. The van der Waals surface area contributed by atoms with Gasteiger partial charge in [-0.05, 0) is 61.4 Å². The van der Waals surface area contributed by atoms with Gasteiger partial charge in [-0.2, -0.15) is 0 Å². The van der Waals surface area contributed by atoms with Crippen LogP contribution < -0.4 is 10.6 Å². The molecule has 0 amide bonds. The van der Waals surface area contributed by atoms with Gasteiger partial charge < -0.3 is 15.4 Å². The summed E-state index contributed by atoms with van der Waals surface area (Å²) in [4.78, 5) is 40.6. The van der Waals surface area contributed by atoms with Gasteiger partial charge in [0.05, 0.1) is 23.3 Å². The van der Waals surface area contributed by atoms with Gasteiger partial charge in [0.2, 0.25) is 0 Å². The number of unbranched alkanes of at least 4 members (excludes halogenated alkanes) is 2. The number of carbonyl (C=O) groups excluding carboxylic acids is 3. The zero-order chi connectivity index (χ0) is 29.1. The number of anilines is 2. The number of nitrogens with one attached hydrogen (secondary N) is 2. The number of hydrogen-bond donors (Lipinski definition) is 2. The number of ketones is 2. The lowest BCUT2D eigenvalue weighted by molar-refractivity contribution is 0.0505. The second-order valence-corrected chi connectivity index (χ2v) is 11.1. The fourth-order valence-corrected chi connectivity index (χ4v) is 5.37. The van der Waals surface area contributed by atoms with Crippen molar-refractivity contribution in [2.45, 2.75) is 92.4 Å². The lowest BCUT2D eigenvalue weighted by Gasteiger charge is -2.26. The summed E-state index contributed by atoms with van der Waals surface area (Å²) in [6, 6.07) is 8.57. The Labute approximate surface area is 240 Å². The molecular weight excluding hydrogens is 500 g/mol. The largest absolute Gasteiger partial charge is 0.462 e. The minimum Gasteiger partial charge on any atom is -0.462 e. The monoisotopic (exact) mass is 548 g/mol. The second kappa shape index (κ2) is 15.6. The van der Waals surface area contributed by atoms with Crippen LogP contribution in [0.25, 0.3) is 0 Å². The van der Waals surface area contributed by atoms with Crippen molar-refractivity contribution in [3.05, 3.63) is 58.1 Å². The van der Waals surface area contributed by atoms with Gasteiger partial charge in [0.15, 0.2) is 11.6 Å². The zero-order valence-electron chi connectivity index (χ0n) is 25.2. The molecule has 0 radical (unpaired) electrons. The fourth-order valence-electron chi connectivity index (χ4n) is 5.37. The summed E-state index contributed by atoms with van der Waals surface area (Å²) in [6.45, 7) is 12.5. The molecule has 0 fully saturated rings. The Morgan fingerprint density at radius 3 is 1.73 bits per heavy atom. The predicted octanol–water partition coefficient (Wildman–Crippen LogP) is 8.29. The molecule has 2 aromatic carbocycles. The average molecular weight is 549 g/mol. The highest BCUT2D eigenvalue weighted by atomic mass is 16.5. The van der Waals surface area contributed by atoms with Crippen LogP contribution in [0.2, 0.25) is 0 Å². The maximum absolute atomic E-state index is 14.1. The van der Waals surface area contributed by atoms with Gasteiger partial charge in [0.25, 0.3) is 0 Å². The topological polar surface area (TPSA) is 84.5 Å². The van der Waals surface area contributed by atoms with Gasteiger partial charge in [0, 0.05) is 35.6 Å². The summed E-state index contributed by atoms with van der Waals surface area (Å²) in [5.74, 6) is 0.0720. The van der Waals surface area contributed by atoms with Crippen molar-refractivity contribution in [1.29, 1.82) is 0 Å².